The van der Waals surface area contributed by atoms with E-state index in [1.54, 1.807) is 18.2 Å². The molecule has 1 aliphatic rings. The number of fused-ring (bicyclic) bond motifs is 1. The Morgan fingerprint density at radius 3 is 3.00 bits per heavy atom. The predicted molar refractivity (Wildman–Crippen MR) is 75.7 cm³/mol. The van der Waals surface area contributed by atoms with Gasteiger partial charge in [0.2, 0.25) is 0 Å². The number of aromatic amines is 1. The summed E-state index contributed by atoms with van der Waals surface area (Å²) in [5, 5.41) is 23.2. The zero-order valence-corrected chi connectivity index (χ0v) is 11.1. The Hall–Kier alpha value is -2.08. The summed E-state index contributed by atoms with van der Waals surface area (Å²) in [5.41, 5.74) is 1.08. The van der Waals surface area contributed by atoms with E-state index in [0.717, 1.165) is 31.4 Å². The molecule has 1 aromatic heterocycles. The van der Waals surface area contributed by atoms with Crippen LogP contribution in [-0.4, -0.2) is 40.8 Å². The molecule has 0 spiro atoms. The molecule has 0 radical (unpaired) electrons. The molecule has 6 nitrogen and oxygen atoms in total. The average Bonchev–Trinajstić information content (AvgIpc) is 2.89. The molecule has 0 saturated carbocycles. The lowest BCUT2D eigenvalue weighted by molar-refractivity contribution is 0.0941. The Kier molecular flexibility index (Phi) is 3.56. The fraction of sp³-hybridized carbons (Fsp3) is 0.429. The number of nitrogens with zero attached hydrogens (tertiary/aromatic N) is 1. The number of H-pyrrole nitrogens is 1. The number of piperidine rings is 1. The van der Waals surface area contributed by atoms with Gasteiger partial charge in [0, 0.05) is 11.9 Å². The largest absolute Gasteiger partial charge is 0.508 e. The molecule has 2 heterocycles. The Morgan fingerprint density at radius 1 is 1.40 bits per heavy atom. The van der Waals surface area contributed by atoms with Gasteiger partial charge in [0.1, 0.15) is 5.75 Å². The van der Waals surface area contributed by atoms with Gasteiger partial charge < -0.3 is 15.7 Å². The van der Waals surface area contributed by atoms with Crippen molar-refractivity contribution < 1.29 is 9.90 Å². The van der Waals surface area contributed by atoms with Crippen molar-refractivity contribution in [3.63, 3.8) is 0 Å². The van der Waals surface area contributed by atoms with Crippen molar-refractivity contribution in [2.45, 2.75) is 12.8 Å². The molecule has 3 rings (SSSR count). The van der Waals surface area contributed by atoms with Crippen molar-refractivity contribution in [3.05, 3.63) is 23.9 Å². The van der Waals surface area contributed by atoms with Crippen LogP contribution in [0.25, 0.3) is 10.9 Å². The van der Waals surface area contributed by atoms with Crippen LogP contribution in [0, 0.1) is 5.92 Å². The molecule has 6 heteroatoms. The zero-order valence-electron chi connectivity index (χ0n) is 11.1. The van der Waals surface area contributed by atoms with Crippen LogP contribution in [0.1, 0.15) is 23.3 Å². The molecule has 1 saturated heterocycles. The van der Waals surface area contributed by atoms with Gasteiger partial charge in [-0.15, -0.1) is 0 Å². The van der Waals surface area contributed by atoms with Crippen molar-refractivity contribution in [2.75, 3.05) is 19.6 Å². The molecular weight excluding hydrogens is 256 g/mol. The molecular formula is C14H18N4O2. The third kappa shape index (κ3) is 2.60. The molecule has 20 heavy (non-hydrogen) atoms. The van der Waals surface area contributed by atoms with Crippen LogP contribution >= 0.6 is 0 Å². The number of hydrogen-bond donors (Lipinski definition) is 4. The quantitative estimate of drug-likeness (QED) is 0.672. The van der Waals surface area contributed by atoms with Crippen LogP contribution in [0.3, 0.4) is 0 Å². The third-order valence-corrected chi connectivity index (χ3v) is 3.77. The van der Waals surface area contributed by atoms with Crippen molar-refractivity contribution in [1.82, 2.24) is 20.8 Å². The molecule has 0 aliphatic carbocycles. The van der Waals surface area contributed by atoms with Crippen molar-refractivity contribution in [2.24, 2.45) is 5.92 Å². The number of benzene rings is 1. The number of phenols is 1. The Labute approximate surface area is 116 Å². The summed E-state index contributed by atoms with van der Waals surface area (Å²) < 4.78 is 0. The summed E-state index contributed by atoms with van der Waals surface area (Å²) in [5.74, 6) is 0.463. The zero-order chi connectivity index (χ0) is 13.9. The van der Waals surface area contributed by atoms with Crippen LogP contribution < -0.4 is 10.6 Å². The summed E-state index contributed by atoms with van der Waals surface area (Å²) in [7, 11) is 0. The van der Waals surface area contributed by atoms with Gasteiger partial charge in [-0.05, 0) is 50.0 Å². The van der Waals surface area contributed by atoms with Gasteiger partial charge in [-0.25, -0.2) is 0 Å². The number of phenolic OH excluding ortho intramolecular Hbond substituents is 1. The summed E-state index contributed by atoms with van der Waals surface area (Å²) >= 11 is 0. The second-order valence-electron chi connectivity index (χ2n) is 5.21. The van der Waals surface area contributed by atoms with Crippen LogP contribution in [-0.2, 0) is 0 Å². The lowest BCUT2D eigenvalue weighted by Gasteiger charge is -2.22. The van der Waals surface area contributed by atoms with Gasteiger partial charge >= 0.3 is 0 Å². The van der Waals surface area contributed by atoms with E-state index in [2.05, 4.69) is 20.8 Å². The van der Waals surface area contributed by atoms with E-state index in [0.29, 0.717) is 23.5 Å². The fourth-order valence-electron chi connectivity index (χ4n) is 2.58. The van der Waals surface area contributed by atoms with Crippen LogP contribution in [0.4, 0.5) is 0 Å². The number of nitrogens with one attached hydrogen (secondary N) is 3. The first-order valence-electron chi connectivity index (χ1n) is 6.90. The SMILES string of the molecule is O=C(NCC1CCNCC1)c1n[nH]c2ccc(O)cc12. The molecule has 0 atom stereocenters. The number of rotatable bonds is 3. The number of hydrogen-bond acceptors (Lipinski definition) is 4. The standard InChI is InChI=1S/C14H18N4O2/c19-10-1-2-12-11(7-10)13(18-17-12)14(20)16-8-9-3-5-15-6-4-9/h1-2,7,9,15,19H,3-6,8H2,(H,16,20)(H,17,18). The third-order valence-electron chi connectivity index (χ3n) is 3.77. The second-order valence-corrected chi connectivity index (χ2v) is 5.21. The summed E-state index contributed by atoms with van der Waals surface area (Å²) in [6, 6.07) is 4.83. The minimum Gasteiger partial charge on any atom is -0.508 e. The number of amides is 1. The minimum atomic E-state index is -0.194. The Bertz CT molecular complexity index is 617. The molecule has 4 N–H and O–H groups in total. The van der Waals surface area contributed by atoms with Crippen LogP contribution in [0.15, 0.2) is 18.2 Å². The highest BCUT2D eigenvalue weighted by molar-refractivity contribution is 6.04. The van der Waals surface area contributed by atoms with E-state index in [4.69, 9.17) is 0 Å². The summed E-state index contributed by atoms with van der Waals surface area (Å²) in [6.45, 7) is 2.70. The van der Waals surface area contributed by atoms with E-state index in [9.17, 15) is 9.90 Å². The number of aromatic nitrogens is 2. The van der Waals surface area contributed by atoms with Gasteiger partial charge in [-0.3, -0.25) is 9.89 Å². The topological polar surface area (TPSA) is 90.0 Å². The first kappa shape index (κ1) is 12.9. The number of carbonyl (C=O) groups is 1. The van der Waals surface area contributed by atoms with E-state index in [1.807, 2.05) is 0 Å². The first-order valence-corrected chi connectivity index (χ1v) is 6.90. The fourth-order valence-corrected chi connectivity index (χ4v) is 2.58. The minimum absolute atomic E-state index is 0.131. The number of carbonyl (C=O) groups excluding carboxylic acids is 1. The Balaban J connectivity index is 1.70. The molecule has 0 bridgehead atoms. The van der Waals surface area contributed by atoms with E-state index >= 15 is 0 Å². The van der Waals surface area contributed by atoms with Gasteiger partial charge in [0.15, 0.2) is 5.69 Å². The highest BCUT2D eigenvalue weighted by Crippen LogP contribution is 2.21. The summed E-state index contributed by atoms with van der Waals surface area (Å²) in [6.07, 6.45) is 2.17. The van der Waals surface area contributed by atoms with Crippen LogP contribution in [0.5, 0.6) is 5.75 Å². The van der Waals surface area contributed by atoms with Crippen molar-refractivity contribution in [1.29, 1.82) is 0 Å². The smallest absolute Gasteiger partial charge is 0.272 e. The lowest BCUT2D eigenvalue weighted by atomic mass is 9.98. The normalized spacial score (nSPS) is 16.4. The average molecular weight is 274 g/mol. The number of aromatic hydroxyl groups is 1. The van der Waals surface area contributed by atoms with Gasteiger partial charge in [0.25, 0.3) is 5.91 Å². The van der Waals surface area contributed by atoms with Gasteiger partial charge in [0.05, 0.1) is 5.52 Å². The maximum absolute atomic E-state index is 12.2. The van der Waals surface area contributed by atoms with Crippen molar-refractivity contribution in [3.8, 4) is 5.75 Å². The highest BCUT2D eigenvalue weighted by Gasteiger charge is 2.17. The summed E-state index contributed by atoms with van der Waals surface area (Å²) in [4.78, 5) is 12.2. The predicted octanol–water partition coefficient (Wildman–Crippen LogP) is 0.998. The maximum Gasteiger partial charge on any atom is 0.272 e. The van der Waals surface area contributed by atoms with Crippen molar-refractivity contribution >= 4 is 16.8 Å². The first-order chi connectivity index (χ1) is 9.74. The van der Waals surface area contributed by atoms with E-state index < -0.39 is 0 Å². The van der Waals surface area contributed by atoms with Gasteiger partial charge in [-0.2, -0.15) is 5.10 Å². The van der Waals surface area contributed by atoms with E-state index in [1.165, 1.54) is 0 Å². The monoisotopic (exact) mass is 274 g/mol. The molecule has 2 aromatic rings. The maximum atomic E-state index is 12.2. The van der Waals surface area contributed by atoms with Crippen LogP contribution in [0.2, 0.25) is 0 Å². The molecule has 106 valence electrons. The molecule has 1 aromatic carbocycles. The molecule has 1 amide bonds. The second kappa shape index (κ2) is 5.50. The van der Waals surface area contributed by atoms with Gasteiger partial charge in [-0.1, -0.05) is 0 Å². The molecule has 1 fully saturated rings. The molecule has 0 unspecified atom stereocenters. The highest BCUT2D eigenvalue weighted by atomic mass is 16.3. The lowest BCUT2D eigenvalue weighted by Crippen LogP contribution is -2.36. The van der Waals surface area contributed by atoms with E-state index in [-0.39, 0.29) is 11.7 Å². The Morgan fingerprint density at radius 2 is 2.20 bits per heavy atom. The molecule has 1 aliphatic heterocycles.